The van der Waals surface area contributed by atoms with Crippen LogP contribution in [0.3, 0.4) is 0 Å². The van der Waals surface area contributed by atoms with Gasteiger partial charge in [0.2, 0.25) is 0 Å². The maximum absolute atomic E-state index is 10.1. The molecule has 0 unspecified atom stereocenters. The molecule has 4 nitrogen and oxygen atoms in total. The Kier molecular flexibility index (Phi) is 4.57. The Morgan fingerprint density at radius 1 is 0.765 bits per heavy atom. The van der Waals surface area contributed by atoms with Crippen molar-refractivity contribution in [1.29, 1.82) is 0 Å². The third-order valence-corrected chi connectivity index (χ3v) is 1.93. The van der Waals surface area contributed by atoms with Crippen LogP contribution in [0.1, 0.15) is 10.4 Å². The monoisotopic (exact) mass is 232 g/mol. The van der Waals surface area contributed by atoms with Gasteiger partial charge in [-0.3, -0.25) is 4.79 Å². The van der Waals surface area contributed by atoms with E-state index in [1.54, 1.807) is 24.3 Å². The van der Waals surface area contributed by atoms with Crippen LogP contribution in [0.4, 0.5) is 0 Å². The van der Waals surface area contributed by atoms with E-state index in [0.717, 1.165) is 0 Å². The number of hydrogen-bond donors (Lipinski definition) is 3. The molecule has 0 heterocycles. The van der Waals surface area contributed by atoms with Gasteiger partial charge in [0.1, 0.15) is 17.2 Å². The van der Waals surface area contributed by atoms with Crippen LogP contribution in [0.5, 0.6) is 17.2 Å². The van der Waals surface area contributed by atoms with E-state index >= 15 is 0 Å². The summed E-state index contributed by atoms with van der Waals surface area (Å²) >= 11 is 0. The highest BCUT2D eigenvalue weighted by atomic mass is 16.3. The van der Waals surface area contributed by atoms with Crippen LogP contribution in [0.2, 0.25) is 0 Å². The van der Waals surface area contributed by atoms with E-state index in [1.165, 1.54) is 18.2 Å². The number of benzene rings is 2. The van der Waals surface area contributed by atoms with Gasteiger partial charge in [-0.25, -0.2) is 0 Å². The molecule has 0 saturated heterocycles. The number of aldehydes is 1. The van der Waals surface area contributed by atoms with Crippen molar-refractivity contribution in [2.75, 3.05) is 0 Å². The van der Waals surface area contributed by atoms with Crippen LogP contribution in [-0.2, 0) is 0 Å². The van der Waals surface area contributed by atoms with Crippen LogP contribution < -0.4 is 0 Å². The van der Waals surface area contributed by atoms with E-state index in [-0.39, 0.29) is 17.1 Å². The summed E-state index contributed by atoms with van der Waals surface area (Å²) in [6, 6.07) is 12.8. The SMILES string of the molecule is O=Cc1c(O)cccc1O.Oc1ccccc1. The molecule has 0 fully saturated rings. The second-order valence-corrected chi connectivity index (χ2v) is 3.16. The first-order valence-electron chi connectivity index (χ1n) is 4.85. The summed E-state index contributed by atoms with van der Waals surface area (Å²) in [5.74, 6) is -0.0764. The Labute approximate surface area is 98.4 Å². The molecule has 0 amide bonds. The number of carbonyl (C=O) groups is 1. The second-order valence-electron chi connectivity index (χ2n) is 3.16. The number of carbonyl (C=O) groups excluding carboxylic acids is 1. The molecule has 17 heavy (non-hydrogen) atoms. The third-order valence-electron chi connectivity index (χ3n) is 1.93. The summed E-state index contributed by atoms with van der Waals surface area (Å²) < 4.78 is 0. The molecule has 0 aromatic heterocycles. The second kappa shape index (κ2) is 6.17. The lowest BCUT2D eigenvalue weighted by atomic mass is 10.2. The van der Waals surface area contributed by atoms with Crippen LogP contribution in [0.25, 0.3) is 0 Å². The number of hydrogen-bond acceptors (Lipinski definition) is 4. The Morgan fingerprint density at radius 3 is 1.59 bits per heavy atom. The first-order valence-corrected chi connectivity index (χ1v) is 4.85. The van der Waals surface area contributed by atoms with Crippen molar-refractivity contribution in [2.24, 2.45) is 0 Å². The van der Waals surface area contributed by atoms with Gasteiger partial charge in [-0.2, -0.15) is 0 Å². The van der Waals surface area contributed by atoms with Crippen molar-refractivity contribution in [3.8, 4) is 17.2 Å². The molecular weight excluding hydrogens is 220 g/mol. The van der Waals surface area contributed by atoms with Crippen LogP contribution >= 0.6 is 0 Å². The summed E-state index contributed by atoms with van der Waals surface area (Å²) in [7, 11) is 0. The van der Waals surface area contributed by atoms with Gasteiger partial charge in [0.05, 0.1) is 5.56 Å². The summed E-state index contributed by atoms with van der Waals surface area (Å²) in [4.78, 5) is 10.1. The number of aromatic hydroxyl groups is 3. The van der Waals surface area contributed by atoms with Gasteiger partial charge in [-0.15, -0.1) is 0 Å². The maximum atomic E-state index is 10.1. The van der Waals surface area contributed by atoms with Crippen LogP contribution in [-0.4, -0.2) is 21.6 Å². The summed E-state index contributed by atoms with van der Waals surface area (Å²) in [5.41, 5.74) is -0.0671. The summed E-state index contributed by atoms with van der Waals surface area (Å²) in [6.45, 7) is 0. The van der Waals surface area contributed by atoms with Gasteiger partial charge in [0.25, 0.3) is 0 Å². The van der Waals surface area contributed by atoms with Gasteiger partial charge >= 0.3 is 0 Å². The zero-order chi connectivity index (χ0) is 12.7. The molecule has 0 aliphatic rings. The largest absolute Gasteiger partial charge is 0.508 e. The number of rotatable bonds is 1. The average molecular weight is 232 g/mol. The third kappa shape index (κ3) is 3.87. The normalized spacial score (nSPS) is 8.94. The molecule has 0 atom stereocenters. The fraction of sp³-hybridized carbons (Fsp3) is 0. The van der Waals surface area contributed by atoms with E-state index in [0.29, 0.717) is 12.0 Å². The van der Waals surface area contributed by atoms with Crippen molar-refractivity contribution in [3.63, 3.8) is 0 Å². The number of phenols is 3. The summed E-state index contributed by atoms with van der Waals surface area (Å²) in [6.07, 6.45) is 0.407. The Bertz CT molecular complexity index is 460. The van der Waals surface area contributed by atoms with E-state index in [2.05, 4.69) is 0 Å². The molecule has 0 spiro atoms. The van der Waals surface area contributed by atoms with Gasteiger partial charge < -0.3 is 15.3 Å². The number of para-hydroxylation sites is 1. The highest BCUT2D eigenvalue weighted by molar-refractivity contribution is 5.83. The minimum atomic E-state index is -0.199. The fourth-order valence-corrected chi connectivity index (χ4v) is 1.09. The van der Waals surface area contributed by atoms with Gasteiger partial charge in [-0.05, 0) is 24.3 Å². The first-order chi connectivity index (χ1) is 8.15. The van der Waals surface area contributed by atoms with E-state index in [1.807, 2.05) is 6.07 Å². The molecular formula is C13H12O4. The molecule has 0 aliphatic carbocycles. The lowest BCUT2D eigenvalue weighted by Gasteiger charge is -1.97. The van der Waals surface area contributed by atoms with Crippen molar-refractivity contribution in [2.45, 2.75) is 0 Å². The van der Waals surface area contributed by atoms with Crippen LogP contribution in [0.15, 0.2) is 48.5 Å². The predicted octanol–water partition coefficient (Wildman–Crippen LogP) is 2.30. The maximum Gasteiger partial charge on any atom is 0.157 e. The molecule has 88 valence electrons. The highest BCUT2D eigenvalue weighted by Crippen LogP contribution is 2.23. The van der Waals surface area contributed by atoms with Crippen molar-refractivity contribution in [3.05, 3.63) is 54.1 Å². The minimum Gasteiger partial charge on any atom is -0.508 e. The predicted molar refractivity (Wildman–Crippen MR) is 63.3 cm³/mol. The standard InChI is InChI=1S/C7H6O3.C6H6O/c8-4-5-6(9)2-1-3-7(5)10;7-6-4-2-1-3-5-6/h1-4,9-10H;1-5,7H. The number of phenolic OH excluding ortho intramolecular Hbond substituents is 3. The molecule has 2 rings (SSSR count). The molecule has 0 radical (unpaired) electrons. The first kappa shape index (κ1) is 12.6. The van der Waals surface area contributed by atoms with Gasteiger partial charge in [0.15, 0.2) is 6.29 Å². The average Bonchev–Trinajstić information content (AvgIpc) is 2.31. The van der Waals surface area contributed by atoms with E-state index in [4.69, 9.17) is 15.3 Å². The molecule has 2 aromatic rings. The smallest absolute Gasteiger partial charge is 0.157 e. The minimum absolute atomic E-state index is 0.0671. The zero-order valence-corrected chi connectivity index (χ0v) is 8.95. The Morgan fingerprint density at radius 2 is 1.29 bits per heavy atom. The fourth-order valence-electron chi connectivity index (χ4n) is 1.09. The van der Waals surface area contributed by atoms with E-state index in [9.17, 15) is 4.79 Å². The lowest BCUT2D eigenvalue weighted by molar-refractivity contribution is 0.111. The van der Waals surface area contributed by atoms with Gasteiger partial charge in [-0.1, -0.05) is 24.3 Å². The van der Waals surface area contributed by atoms with Crippen molar-refractivity contribution >= 4 is 6.29 Å². The quantitative estimate of drug-likeness (QED) is 0.659. The van der Waals surface area contributed by atoms with Crippen LogP contribution in [0, 0.1) is 0 Å². The molecule has 0 saturated carbocycles. The summed E-state index contributed by atoms with van der Waals surface area (Å²) in [5, 5.41) is 26.4. The Balaban J connectivity index is 0.000000181. The molecule has 2 aromatic carbocycles. The van der Waals surface area contributed by atoms with Crippen molar-refractivity contribution < 1.29 is 20.1 Å². The molecule has 0 aliphatic heterocycles. The molecule has 3 N–H and O–H groups in total. The highest BCUT2D eigenvalue weighted by Gasteiger charge is 2.02. The van der Waals surface area contributed by atoms with Crippen molar-refractivity contribution in [1.82, 2.24) is 0 Å². The molecule has 0 bridgehead atoms. The van der Waals surface area contributed by atoms with E-state index < -0.39 is 0 Å². The van der Waals surface area contributed by atoms with Gasteiger partial charge in [0, 0.05) is 0 Å². The Hall–Kier alpha value is -2.49. The topological polar surface area (TPSA) is 77.8 Å². The lowest BCUT2D eigenvalue weighted by Crippen LogP contribution is -1.80. The zero-order valence-electron chi connectivity index (χ0n) is 8.95. The molecule has 4 heteroatoms.